The molecule has 0 aliphatic carbocycles. The van der Waals surface area contributed by atoms with Crippen molar-refractivity contribution < 1.29 is 13.2 Å². The topological polar surface area (TPSA) is 57.7 Å². The highest BCUT2D eigenvalue weighted by molar-refractivity contribution is 6.30. The molecule has 1 aromatic carbocycles. The molecule has 27 heavy (non-hydrogen) atoms. The number of hydrogen-bond donors (Lipinski definition) is 1. The molecule has 1 N–H and O–H groups in total. The molecule has 0 radical (unpaired) electrons. The number of fused-ring (bicyclic) bond motifs is 1. The zero-order chi connectivity index (χ0) is 19.0. The van der Waals surface area contributed by atoms with Crippen LogP contribution >= 0.6 is 11.6 Å². The van der Waals surface area contributed by atoms with E-state index < -0.39 is 12.0 Å². The van der Waals surface area contributed by atoms with Crippen LogP contribution in [0.5, 0.6) is 0 Å². The Labute approximate surface area is 158 Å². The van der Waals surface area contributed by atoms with E-state index in [1.807, 2.05) is 30.3 Å². The third-order valence-electron chi connectivity index (χ3n) is 4.42. The number of nitrogens with zero attached hydrogens (tertiary/aromatic N) is 4. The van der Waals surface area contributed by atoms with E-state index in [-0.39, 0.29) is 0 Å². The molecule has 0 fully saturated rings. The van der Waals surface area contributed by atoms with Gasteiger partial charge in [0.15, 0.2) is 5.15 Å². The van der Waals surface area contributed by atoms with Crippen LogP contribution in [0.4, 0.5) is 13.2 Å². The van der Waals surface area contributed by atoms with Crippen molar-refractivity contribution >= 4 is 11.6 Å². The number of nitrogens with one attached hydrogen (secondary N) is 1. The van der Waals surface area contributed by atoms with Crippen LogP contribution in [-0.2, 0) is 25.7 Å². The molecule has 1 aliphatic heterocycles. The van der Waals surface area contributed by atoms with Gasteiger partial charge in [-0.05, 0) is 0 Å². The van der Waals surface area contributed by atoms with E-state index in [1.165, 1.54) is 6.20 Å². The molecule has 0 saturated heterocycles. The van der Waals surface area contributed by atoms with E-state index in [2.05, 4.69) is 24.8 Å². The first-order valence-electron chi connectivity index (χ1n) is 8.34. The normalized spacial score (nSPS) is 15.0. The summed E-state index contributed by atoms with van der Waals surface area (Å²) in [6.45, 7) is 1.56. The minimum Gasteiger partial charge on any atom is -0.339 e. The van der Waals surface area contributed by atoms with Crippen LogP contribution in [-0.4, -0.2) is 31.4 Å². The molecule has 2 aromatic heterocycles. The first-order chi connectivity index (χ1) is 12.9. The Morgan fingerprint density at radius 3 is 2.67 bits per heavy atom. The highest BCUT2D eigenvalue weighted by atomic mass is 35.5. The summed E-state index contributed by atoms with van der Waals surface area (Å²) in [5, 5.41) is 0.392. The van der Waals surface area contributed by atoms with E-state index in [0.29, 0.717) is 48.3 Å². The van der Waals surface area contributed by atoms with Gasteiger partial charge in [0.25, 0.3) is 0 Å². The van der Waals surface area contributed by atoms with Crippen LogP contribution in [0.2, 0.25) is 5.15 Å². The van der Waals surface area contributed by atoms with Gasteiger partial charge in [-0.15, -0.1) is 0 Å². The molecule has 140 valence electrons. The second-order valence-corrected chi connectivity index (χ2v) is 6.70. The van der Waals surface area contributed by atoms with E-state index in [1.54, 1.807) is 0 Å². The van der Waals surface area contributed by atoms with Crippen molar-refractivity contribution in [1.29, 1.82) is 0 Å². The minimum atomic E-state index is -4.52. The zero-order valence-corrected chi connectivity index (χ0v) is 14.8. The number of halogens is 4. The Bertz CT molecular complexity index is 955. The average Bonchev–Trinajstić information content (AvgIpc) is 3.02. The Balaban J connectivity index is 1.50. The van der Waals surface area contributed by atoms with Crippen molar-refractivity contribution in [2.75, 3.05) is 6.54 Å². The molecule has 9 heteroatoms. The van der Waals surface area contributed by atoms with Gasteiger partial charge in [-0.2, -0.15) is 13.2 Å². The van der Waals surface area contributed by atoms with Crippen LogP contribution in [0.15, 0.2) is 36.5 Å². The Kier molecular flexibility index (Phi) is 4.61. The summed E-state index contributed by atoms with van der Waals surface area (Å²) in [6, 6.07) is 9.63. The molecule has 0 atom stereocenters. The molecule has 0 unspecified atom stereocenters. The summed E-state index contributed by atoms with van der Waals surface area (Å²) in [6.07, 6.45) is -2.83. The Morgan fingerprint density at radius 1 is 1.15 bits per heavy atom. The number of imidazole rings is 1. The van der Waals surface area contributed by atoms with E-state index in [4.69, 9.17) is 11.6 Å². The van der Waals surface area contributed by atoms with Gasteiger partial charge >= 0.3 is 6.18 Å². The number of alkyl halides is 3. The fraction of sp³-hybridized carbons (Fsp3) is 0.278. The Morgan fingerprint density at radius 2 is 1.93 bits per heavy atom. The summed E-state index contributed by atoms with van der Waals surface area (Å²) in [5.74, 6) is -0.398. The summed E-state index contributed by atoms with van der Waals surface area (Å²) < 4.78 is 38.2. The van der Waals surface area contributed by atoms with Crippen LogP contribution in [0.25, 0.3) is 11.4 Å². The molecular formula is C18H15ClF3N5. The van der Waals surface area contributed by atoms with Crippen molar-refractivity contribution in [3.05, 3.63) is 64.5 Å². The smallest absolute Gasteiger partial charge is 0.339 e. The van der Waals surface area contributed by atoms with Gasteiger partial charge in [-0.1, -0.05) is 41.9 Å². The van der Waals surface area contributed by atoms with Crippen molar-refractivity contribution in [3.8, 4) is 11.4 Å². The van der Waals surface area contributed by atoms with Gasteiger partial charge in [0.2, 0.25) is 5.82 Å². The number of hydrogen-bond acceptors (Lipinski definition) is 4. The first kappa shape index (κ1) is 17.9. The van der Waals surface area contributed by atoms with Gasteiger partial charge in [-0.25, -0.2) is 15.0 Å². The molecule has 3 heterocycles. The van der Waals surface area contributed by atoms with Gasteiger partial charge in [0.05, 0.1) is 11.4 Å². The summed E-state index contributed by atoms with van der Waals surface area (Å²) in [4.78, 5) is 16.8. The quantitative estimate of drug-likeness (QED) is 0.728. The van der Waals surface area contributed by atoms with Gasteiger partial charge in [-0.3, -0.25) is 4.90 Å². The molecular weight excluding hydrogens is 379 g/mol. The number of H-pyrrole nitrogens is 1. The van der Waals surface area contributed by atoms with Crippen molar-refractivity contribution in [3.63, 3.8) is 0 Å². The molecule has 1 aliphatic rings. The number of aromatic nitrogens is 4. The number of rotatable bonds is 3. The lowest BCUT2D eigenvalue weighted by molar-refractivity contribution is -0.145. The fourth-order valence-corrected chi connectivity index (χ4v) is 3.29. The maximum absolute atomic E-state index is 12.7. The number of benzene rings is 1. The maximum Gasteiger partial charge on any atom is 0.451 e. The van der Waals surface area contributed by atoms with Crippen LogP contribution in [0.1, 0.15) is 22.8 Å². The second kappa shape index (κ2) is 6.94. The largest absolute Gasteiger partial charge is 0.451 e. The molecule has 0 saturated carbocycles. The fourth-order valence-electron chi connectivity index (χ4n) is 3.10. The molecule has 0 bridgehead atoms. The number of aromatic amines is 1. The predicted octanol–water partition coefficient (Wildman–Crippen LogP) is 4.10. The lowest BCUT2D eigenvalue weighted by atomic mass is 10.1. The summed E-state index contributed by atoms with van der Waals surface area (Å²) >= 11 is 6.27. The predicted molar refractivity (Wildman–Crippen MR) is 93.9 cm³/mol. The lowest BCUT2D eigenvalue weighted by Gasteiger charge is -2.27. The zero-order valence-electron chi connectivity index (χ0n) is 14.1. The molecule has 0 amide bonds. The Hall–Kier alpha value is -2.45. The van der Waals surface area contributed by atoms with Crippen LogP contribution in [0, 0.1) is 0 Å². The van der Waals surface area contributed by atoms with Gasteiger partial charge in [0.1, 0.15) is 5.82 Å². The monoisotopic (exact) mass is 393 g/mol. The van der Waals surface area contributed by atoms with Gasteiger partial charge in [0, 0.05) is 43.4 Å². The van der Waals surface area contributed by atoms with E-state index in [0.717, 1.165) is 11.3 Å². The molecule has 0 spiro atoms. The maximum atomic E-state index is 12.7. The average molecular weight is 394 g/mol. The molecule has 3 aromatic rings. The minimum absolute atomic E-state index is 0.392. The van der Waals surface area contributed by atoms with E-state index in [9.17, 15) is 13.2 Å². The second-order valence-electron chi connectivity index (χ2n) is 6.34. The van der Waals surface area contributed by atoms with E-state index >= 15 is 0 Å². The van der Waals surface area contributed by atoms with Crippen molar-refractivity contribution in [2.45, 2.75) is 25.7 Å². The molecule has 5 nitrogen and oxygen atoms in total. The standard InChI is InChI=1S/C18H15ClF3N5/c19-15-14(24-16(26-15)11-4-2-1-3-5-11)10-27-7-6-13-12(9-27)8-23-17(25-13)18(20,21)22/h1-5,8H,6-7,9-10H2,(H,24,26). The SMILES string of the molecule is FC(F)(F)c1ncc2c(n1)CCN(Cc1[nH]c(-c3ccccc3)nc1Cl)C2. The highest BCUT2D eigenvalue weighted by Gasteiger charge is 2.35. The van der Waals surface area contributed by atoms with Crippen molar-refractivity contribution in [2.24, 2.45) is 0 Å². The highest BCUT2D eigenvalue weighted by Crippen LogP contribution is 2.28. The van der Waals surface area contributed by atoms with Gasteiger partial charge < -0.3 is 4.98 Å². The summed E-state index contributed by atoms with van der Waals surface area (Å²) in [7, 11) is 0. The third-order valence-corrected chi connectivity index (χ3v) is 4.74. The molecule has 4 rings (SSSR count). The first-order valence-corrected chi connectivity index (χ1v) is 8.72. The van der Waals surface area contributed by atoms with Crippen molar-refractivity contribution in [1.82, 2.24) is 24.8 Å². The lowest BCUT2D eigenvalue weighted by Crippen LogP contribution is -2.31. The summed E-state index contributed by atoms with van der Waals surface area (Å²) in [5.41, 5.74) is 2.86. The van der Waals surface area contributed by atoms with Crippen LogP contribution < -0.4 is 0 Å². The van der Waals surface area contributed by atoms with Crippen LogP contribution in [0.3, 0.4) is 0 Å². The third kappa shape index (κ3) is 3.81.